The van der Waals surface area contributed by atoms with Gasteiger partial charge in [-0.15, -0.1) is 0 Å². The van der Waals surface area contributed by atoms with Crippen LogP contribution in [0, 0.1) is 6.92 Å². The molecule has 0 bridgehead atoms. The summed E-state index contributed by atoms with van der Waals surface area (Å²) in [5.41, 5.74) is 3.59. The Balaban J connectivity index is 1.72. The Kier molecular flexibility index (Phi) is 6.40. The average Bonchev–Trinajstić information content (AvgIpc) is 2.67. The van der Waals surface area contributed by atoms with Crippen LogP contribution in [0.1, 0.15) is 43.5 Å². The van der Waals surface area contributed by atoms with Gasteiger partial charge in [0.05, 0.1) is 0 Å². The van der Waals surface area contributed by atoms with Crippen molar-refractivity contribution in [2.24, 2.45) is 0 Å². The summed E-state index contributed by atoms with van der Waals surface area (Å²) in [6.45, 7) is 11.0. The van der Waals surface area contributed by atoms with Crippen molar-refractivity contribution in [3.8, 4) is 0 Å². The Morgan fingerprint density at radius 1 is 0.964 bits per heavy atom. The van der Waals surface area contributed by atoms with E-state index in [0.717, 1.165) is 19.5 Å². The summed E-state index contributed by atoms with van der Waals surface area (Å²) in [4.78, 5) is 16.7. The minimum atomic E-state index is -0.453. The summed E-state index contributed by atoms with van der Waals surface area (Å²) >= 11 is 0. The topological polar surface area (TPSA) is 32.8 Å². The highest BCUT2D eigenvalue weighted by Gasteiger charge is 2.29. The van der Waals surface area contributed by atoms with E-state index in [0.29, 0.717) is 19.1 Å². The monoisotopic (exact) mass is 380 g/mol. The molecule has 0 N–H and O–H groups in total. The highest BCUT2D eigenvalue weighted by atomic mass is 16.6. The van der Waals surface area contributed by atoms with Gasteiger partial charge in [0, 0.05) is 32.2 Å². The second kappa shape index (κ2) is 8.78. The Hall–Kier alpha value is -2.33. The molecule has 1 fully saturated rings. The lowest BCUT2D eigenvalue weighted by Crippen LogP contribution is -2.51. The van der Waals surface area contributed by atoms with Crippen molar-refractivity contribution in [2.75, 3.05) is 26.2 Å². The third-order valence-corrected chi connectivity index (χ3v) is 5.27. The summed E-state index contributed by atoms with van der Waals surface area (Å²) in [7, 11) is 0. The molecule has 1 unspecified atom stereocenters. The molecule has 1 amide bonds. The molecule has 1 heterocycles. The molecule has 3 rings (SSSR count). The smallest absolute Gasteiger partial charge is 0.410 e. The van der Waals surface area contributed by atoms with Gasteiger partial charge in [0.15, 0.2) is 0 Å². The summed E-state index contributed by atoms with van der Waals surface area (Å²) in [5.74, 6) is 0. The predicted octanol–water partition coefficient (Wildman–Crippen LogP) is 4.83. The fourth-order valence-electron chi connectivity index (χ4n) is 3.72. The molecule has 28 heavy (non-hydrogen) atoms. The lowest BCUT2D eigenvalue weighted by atomic mass is 9.94. The van der Waals surface area contributed by atoms with E-state index in [2.05, 4.69) is 66.4 Å². The van der Waals surface area contributed by atoms with Gasteiger partial charge in [-0.05, 0) is 50.8 Å². The SMILES string of the molecule is Cc1ccccc1CC(c1ccccc1)N1CCN(C(=O)OC(C)(C)C)CC1. The zero-order chi connectivity index (χ0) is 20.1. The molecule has 0 spiro atoms. The number of carbonyl (C=O) groups is 1. The molecule has 1 atom stereocenters. The quantitative estimate of drug-likeness (QED) is 0.761. The van der Waals surface area contributed by atoms with E-state index in [9.17, 15) is 4.79 Å². The Morgan fingerprint density at radius 3 is 2.18 bits per heavy atom. The van der Waals surface area contributed by atoms with Gasteiger partial charge in [0.2, 0.25) is 0 Å². The van der Waals surface area contributed by atoms with Crippen molar-refractivity contribution in [3.63, 3.8) is 0 Å². The van der Waals surface area contributed by atoms with Gasteiger partial charge in [0.25, 0.3) is 0 Å². The summed E-state index contributed by atoms with van der Waals surface area (Å²) < 4.78 is 5.54. The van der Waals surface area contributed by atoms with E-state index in [4.69, 9.17) is 4.74 Å². The zero-order valence-electron chi connectivity index (χ0n) is 17.5. The Morgan fingerprint density at radius 2 is 1.57 bits per heavy atom. The lowest BCUT2D eigenvalue weighted by Gasteiger charge is -2.40. The number of ether oxygens (including phenoxy) is 1. The third-order valence-electron chi connectivity index (χ3n) is 5.27. The summed E-state index contributed by atoms with van der Waals surface area (Å²) in [6, 6.07) is 19.6. The molecule has 1 aliphatic heterocycles. The highest BCUT2D eigenvalue weighted by molar-refractivity contribution is 5.68. The molecule has 2 aromatic carbocycles. The van der Waals surface area contributed by atoms with Crippen LogP contribution in [0.4, 0.5) is 4.79 Å². The highest BCUT2D eigenvalue weighted by Crippen LogP contribution is 2.28. The maximum Gasteiger partial charge on any atom is 0.410 e. The lowest BCUT2D eigenvalue weighted by molar-refractivity contribution is 0.0102. The molecule has 0 aliphatic carbocycles. The number of piperazine rings is 1. The summed E-state index contributed by atoms with van der Waals surface area (Å²) in [6.07, 6.45) is 0.769. The van der Waals surface area contributed by atoms with Gasteiger partial charge in [0.1, 0.15) is 5.60 Å². The Bertz CT molecular complexity index is 775. The van der Waals surface area contributed by atoms with Gasteiger partial charge < -0.3 is 9.64 Å². The number of benzene rings is 2. The molecule has 0 aromatic heterocycles. The fraction of sp³-hybridized carbons (Fsp3) is 0.458. The number of hydrogen-bond donors (Lipinski definition) is 0. The van der Waals surface area contributed by atoms with Crippen LogP contribution >= 0.6 is 0 Å². The molecule has 0 radical (unpaired) electrons. The third kappa shape index (κ3) is 5.35. The molecule has 0 saturated carbocycles. The molecule has 2 aromatic rings. The van der Waals surface area contributed by atoms with E-state index < -0.39 is 5.60 Å². The van der Waals surface area contributed by atoms with Crippen LogP contribution in [0.5, 0.6) is 0 Å². The average molecular weight is 381 g/mol. The van der Waals surface area contributed by atoms with Crippen molar-refractivity contribution >= 4 is 6.09 Å². The van der Waals surface area contributed by atoms with Crippen molar-refractivity contribution in [1.82, 2.24) is 9.80 Å². The maximum atomic E-state index is 12.4. The predicted molar refractivity (Wildman–Crippen MR) is 113 cm³/mol. The first-order chi connectivity index (χ1) is 13.3. The first-order valence-corrected chi connectivity index (χ1v) is 10.1. The molecule has 1 aliphatic rings. The van der Waals surface area contributed by atoms with E-state index in [-0.39, 0.29) is 6.09 Å². The number of carbonyl (C=O) groups excluding carboxylic acids is 1. The van der Waals surface area contributed by atoms with Crippen LogP contribution in [0.3, 0.4) is 0 Å². The second-order valence-electron chi connectivity index (χ2n) is 8.56. The standard InChI is InChI=1S/C24H32N2O2/c1-19-10-8-9-13-21(19)18-22(20-11-6-5-7-12-20)25-14-16-26(17-15-25)23(27)28-24(2,3)4/h5-13,22H,14-18H2,1-4H3. The van der Waals surface area contributed by atoms with Crippen LogP contribution in [-0.4, -0.2) is 47.7 Å². The van der Waals surface area contributed by atoms with Crippen LogP contribution in [0.25, 0.3) is 0 Å². The fourth-order valence-corrected chi connectivity index (χ4v) is 3.72. The minimum Gasteiger partial charge on any atom is -0.444 e. The number of rotatable bonds is 4. The Labute approximate surface area is 169 Å². The molecule has 1 saturated heterocycles. The van der Waals surface area contributed by atoms with Gasteiger partial charge in [-0.2, -0.15) is 0 Å². The second-order valence-corrected chi connectivity index (χ2v) is 8.56. The maximum absolute atomic E-state index is 12.4. The van der Waals surface area contributed by atoms with Gasteiger partial charge >= 0.3 is 6.09 Å². The number of amides is 1. The summed E-state index contributed by atoms with van der Waals surface area (Å²) in [5, 5.41) is 0. The van der Waals surface area contributed by atoms with E-state index in [1.54, 1.807) is 0 Å². The van der Waals surface area contributed by atoms with Gasteiger partial charge in [-0.3, -0.25) is 4.90 Å². The first kappa shape index (κ1) is 20.4. The largest absolute Gasteiger partial charge is 0.444 e. The molecular formula is C24H32N2O2. The van der Waals surface area contributed by atoms with Crippen LogP contribution in [-0.2, 0) is 11.2 Å². The number of nitrogens with zero attached hydrogens (tertiary/aromatic N) is 2. The van der Waals surface area contributed by atoms with Crippen LogP contribution in [0.2, 0.25) is 0 Å². The normalized spacial score (nSPS) is 16.6. The molecule has 150 valence electrons. The molecular weight excluding hydrogens is 348 g/mol. The zero-order valence-corrected chi connectivity index (χ0v) is 17.5. The molecule has 4 nitrogen and oxygen atoms in total. The first-order valence-electron chi connectivity index (χ1n) is 10.1. The van der Waals surface area contributed by atoms with Gasteiger partial charge in [-0.1, -0.05) is 54.6 Å². The van der Waals surface area contributed by atoms with Crippen LogP contribution in [0.15, 0.2) is 54.6 Å². The van der Waals surface area contributed by atoms with Crippen LogP contribution < -0.4 is 0 Å². The van der Waals surface area contributed by atoms with Crippen molar-refractivity contribution in [3.05, 3.63) is 71.3 Å². The van der Waals surface area contributed by atoms with Crippen molar-refractivity contribution in [1.29, 1.82) is 0 Å². The van der Waals surface area contributed by atoms with Crippen molar-refractivity contribution in [2.45, 2.75) is 45.8 Å². The van der Waals surface area contributed by atoms with E-state index in [1.165, 1.54) is 16.7 Å². The van der Waals surface area contributed by atoms with Crippen molar-refractivity contribution < 1.29 is 9.53 Å². The van der Waals surface area contributed by atoms with E-state index >= 15 is 0 Å². The molecule has 4 heteroatoms. The van der Waals surface area contributed by atoms with Gasteiger partial charge in [-0.25, -0.2) is 4.79 Å². The number of hydrogen-bond acceptors (Lipinski definition) is 3. The minimum absolute atomic E-state index is 0.206. The number of aryl methyl sites for hydroxylation is 1. The van der Waals surface area contributed by atoms with E-state index in [1.807, 2.05) is 25.7 Å².